The standard InChI is InChI=1S/C29H31N3O9/c1-12-14-10-7-11-15(33)17(14)22(34)18-16(12)24(41-28(39)31-13-8-5-4-6-9-13)20-21(32(2)3)23(35)19(27(30)38)26(37)29(20,40)25(18)36/h4-12,16,19-21,23-24,33,35-36,40H,1-3H3,(H2,30,38)(H,31,39)/t12-,16+,19?,20+,21-,23?,24-,29-/m0/s1. The van der Waals surface area contributed by atoms with Crippen molar-refractivity contribution in [2.45, 2.75) is 36.7 Å². The minimum absolute atomic E-state index is 0.133. The molecular weight excluding hydrogens is 534 g/mol. The van der Waals surface area contributed by atoms with E-state index in [-0.39, 0.29) is 11.3 Å². The number of nitrogens with two attached hydrogens (primary N) is 1. The van der Waals surface area contributed by atoms with E-state index in [2.05, 4.69) is 5.32 Å². The van der Waals surface area contributed by atoms with Crippen molar-refractivity contribution in [3.63, 3.8) is 0 Å². The maximum atomic E-state index is 13.9. The van der Waals surface area contributed by atoms with Crippen molar-refractivity contribution in [3.05, 3.63) is 71.0 Å². The highest BCUT2D eigenvalue weighted by atomic mass is 16.6. The molecule has 0 radical (unpaired) electrons. The predicted molar refractivity (Wildman–Crippen MR) is 144 cm³/mol. The second-order valence-electron chi connectivity index (χ2n) is 11.0. The van der Waals surface area contributed by atoms with E-state index in [1.807, 2.05) is 0 Å². The topological polar surface area (TPSA) is 200 Å². The van der Waals surface area contributed by atoms with Gasteiger partial charge in [-0.1, -0.05) is 37.3 Å². The number of ketones is 2. The summed E-state index contributed by atoms with van der Waals surface area (Å²) in [4.78, 5) is 54.7. The average Bonchev–Trinajstić information content (AvgIpc) is 2.90. The summed E-state index contributed by atoms with van der Waals surface area (Å²) in [5.74, 6) is -10.1. The van der Waals surface area contributed by atoms with Gasteiger partial charge in [0.2, 0.25) is 5.91 Å². The number of primary amides is 1. The third-order valence-corrected chi connectivity index (χ3v) is 8.60. The van der Waals surface area contributed by atoms with Crippen LogP contribution < -0.4 is 11.1 Å². The van der Waals surface area contributed by atoms with Gasteiger partial charge in [0.15, 0.2) is 17.2 Å². The Kier molecular flexibility index (Phi) is 6.88. The Hall–Kier alpha value is -4.26. The number of amides is 2. The van der Waals surface area contributed by atoms with Gasteiger partial charge in [-0.05, 0) is 43.8 Å². The molecule has 12 nitrogen and oxygen atoms in total. The van der Waals surface area contributed by atoms with Crippen LogP contribution >= 0.6 is 0 Å². The molecule has 2 amide bonds. The molecule has 12 heteroatoms. The molecule has 0 heterocycles. The molecule has 8 atom stereocenters. The highest BCUT2D eigenvalue weighted by Crippen LogP contribution is 2.56. The van der Waals surface area contributed by atoms with Crippen LogP contribution in [0.25, 0.3) is 0 Å². The van der Waals surface area contributed by atoms with E-state index >= 15 is 0 Å². The minimum atomic E-state index is -2.95. The lowest BCUT2D eigenvalue weighted by Gasteiger charge is -2.57. The molecule has 1 fully saturated rings. The Morgan fingerprint density at radius 2 is 1.71 bits per heavy atom. The van der Waals surface area contributed by atoms with Crippen molar-refractivity contribution >= 4 is 29.3 Å². The van der Waals surface area contributed by atoms with Crippen molar-refractivity contribution in [2.75, 3.05) is 19.4 Å². The van der Waals surface area contributed by atoms with E-state index in [1.54, 1.807) is 43.3 Å². The smallest absolute Gasteiger partial charge is 0.411 e. The van der Waals surface area contributed by atoms with Gasteiger partial charge in [-0.3, -0.25) is 19.7 Å². The number of carbonyl (C=O) groups is 4. The van der Waals surface area contributed by atoms with Crippen LogP contribution in [0.3, 0.4) is 0 Å². The molecule has 1 saturated carbocycles. The number of benzene rings is 2. The van der Waals surface area contributed by atoms with E-state index in [1.165, 1.54) is 31.1 Å². The van der Waals surface area contributed by atoms with Crippen LogP contribution in [0.5, 0.6) is 5.75 Å². The number of rotatable bonds is 4. The van der Waals surface area contributed by atoms with Crippen LogP contribution in [0.2, 0.25) is 0 Å². The second-order valence-corrected chi connectivity index (χ2v) is 11.0. The number of phenols is 1. The van der Waals surface area contributed by atoms with Gasteiger partial charge in [0.25, 0.3) is 0 Å². The van der Waals surface area contributed by atoms with Gasteiger partial charge in [-0.15, -0.1) is 0 Å². The van der Waals surface area contributed by atoms with Gasteiger partial charge in [0.1, 0.15) is 23.5 Å². The first kappa shape index (κ1) is 28.3. The lowest BCUT2D eigenvalue weighted by molar-refractivity contribution is -0.193. The molecule has 7 N–H and O–H groups in total. The quantitative estimate of drug-likeness (QED) is 0.291. The van der Waals surface area contributed by atoms with Crippen LogP contribution in [0, 0.1) is 17.8 Å². The molecule has 0 spiro atoms. The third-order valence-electron chi connectivity index (χ3n) is 8.60. The number of carbonyl (C=O) groups excluding carboxylic acids is 4. The number of para-hydroxylation sites is 1. The SMILES string of the molecule is C[C@H]1c2cccc(O)c2C(=O)C2=C(O)[C@]3(O)C(=O)C(C(N)=O)C(O)[C@@H](N(C)C)[C@@H]3[C@@H](OC(=O)Nc3ccccc3)[C@@H]21. The number of Topliss-reactive ketones (excluding diaryl/α,β-unsaturated/α-hetero) is 2. The molecule has 2 unspecified atom stereocenters. The number of anilines is 1. The second kappa shape index (κ2) is 9.98. The number of nitrogens with zero attached hydrogens (tertiary/aromatic N) is 1. The third kappa shape index (κ3) is 4.09. The van der Waals surface area contributed by atoms with Gasteiger partial charge in [-0.2, -0.15) is 0 Å². The summed E-state index contributed by atoms with van der Waals surface area (Å²) in [6, 6.07) is 11.5. The largest absolute Gasteiger partial charge is 0.508 e. The van der Waals surface area contributed by atoms with Gasteiger partial charge < -0.3 is 35.8 Å². The Labute approximate surface area is 235 Å². The number of aromatic hydroxyl groups is 1. The van der Waals surface area contributed by atoms with Gasteiger partial charge in [0, 0.05) is 23.2 Å². The average molecular weight is 566 g/mol. The molecular formula is C29H31N3O9. The van der Waals surface area contributed by atoms with Crippen LogP contribution in [-0.2, 0) is 14.3 Å². The highest BCUT2D eigenvalue weighted by molar-refractivity contribution is 6.16. The Bertz CT molecular complexity index is 1470. The van der Waals surface area contributed by atoms with Crippen molar-refractivity contribution in [1.29, 1.82) is 0 Å². The summed E-state index contributed by atoms with van der Waals surface area (Å²) in [5.41, 5.74) is 2.72. The fourth-order valence-electron chi connectivity index (χ4n) is 6.84. The highest BCUT2D eigenvalue weighted by Gasteiger charge is 2.70. The Morgan fingerprint density at radius 1 is 1.05 bits per heavy atom. The van der Waals surface area contributed by atoms with E-state index in [0.29, 0.717) is 11.3 Å². The first-order chi connectivity index (χ1) is 19.3. The molecule has 3 aliphatic carbocycles. The summed E-state index contributed by atoms with van der Waals surface area (Å²) in [7, 11) is 3.03. The van der Waals surface area contributed by atoms with Crippen LogP contribution in [0.1, 0.15) is 28.8 Å². The zero-order valence-electron chi connectivity index (χ0n) is 22.5. The molecule has 5 rings (SSSR count). The zero-order valence-corrected chi connectivity index (χ0v) is 22.5. The molecule has 0 aliphatic heterocycles. The van der Waals surface area contributed by atoms with E-state index in [9.17, 15) is 39.6 Å². The molecule has 3 aliphatic rings. The normalized spacial score (nSPS) is 32.6. The first-order valence-electron chi connectivity index (χ1n) is 13.1. The molecule has 0 saturated heterocycles. The Balaban J connectivity index is 1.75. The van der Waals surface area contributed by atoms with E-state index in [4.69, 9.17) is 10.5 Å². The zero-order chi connectivity index (χ0) is 30.0. The van der Waals surface area contributed by atoms with Crippen molar-refractivity contribution in [3.8, 4) is 5.75 Å². The van der Waals surface area contributed by atoms with Crippen molar-refractivity contribution in [1.82, 2.24) is 4.90 Å². The fourth-order valence-corrected chi connectivity index (χ4v) is 6.84. The van der Waals surface area contributed by atoms with E-state index in [0.717, 1.165) is 0 Å². The van der Waals surface area contributed by atoms with Crippen molar-refractivity contribution < 1.29 is 44.3 Å². The van der Waals surface area contributed by atoms with Crippen LogP contribution in [-0.4, -0.2) is 86.8 Å². The number of phenolic OH excluding ortho intramolecular Hbond substituents is 1. The number of hydrogen-bond donors (Lipinski definition) is 6. The van der Waals surface area contributed by atoms with Crippen molar-refractivity contribution in [2.24, 2.45) is 23.5 Å². The molecule has 2 aromatic rings. The number of likely N-dealkylation sites (N-methyl/N-ethyl adjacent to an activating group) is 1. The molecule has 0 bridgehead atoms. The van der Waals surface area contributed by atoms with Gasteiger partial charge in [0.05, 0.1) is 17.6 Å². The number of fused-ring (bicyclic) bond motifs is 3. The molecule has 0 aromatic heterocycles. The summed E-state index contributed by atoms with van der Waals surface area (Å²) < 4.78 is 5.91. The van der Waals surface area contributed by atoms with E-state index < -0.39 is 82.4 Å². The Morgan fingerprint density at radius 3 is 2.32 bits per heavy atom. The number of aliphatic hydroxyl groups is 3. The number of hydrogen-bond acceptors (Lipinski definition) is 10. The fraction of sp³-hybridized carbons (Fsp3) is 0.379. The number of ether oxygens (including phenoxy) is 1. The maximum Gasteiger partial charge on any atom is 0.411 e. The minimum Gasteiger partial charge on any atom is -0.508 e. The summed E-state index contributed by atoms with van der Waals surface area (Å²) >= 11 is 0. The lowest BCUT2D eigenvalue weighted by Crippen LogP contribution is -2.74. The number of nitrogens with one attached hydrogen (secondary N) is 1. The van der Waals surface area contributed by atoms with Gasteiger partial charge >= 0.3 is 6.09 Å². The summed E-state index contributed by atoms with van der Waals surface area (Å²) in [6.45, 7) is 1.69. The first-order valence-corrected chi connectivity index (χ1v) is 13.1. The monoisotopic (exact) mass is 565 g/mol. The van der Waals surface area contributed by atoms with Crippen LogP contribution in [0.4, 0.5) is 10.5 Å². The van der Waals surface area contributed by atoms with Crippen LogP contribution in [0.15, 0.2) is 59.9 Å². The molecule has 2 aromatic carbocycles. The predicted octanol–water partition coefficient (Wildman–Crippen LogP) is 1.07. The van der Waals surface area contributed by atoms with Gasteiger partial charge in [-0.25, -0.2) is 4.79 Å². The summed E-state index contributed by atoms with van der Waals surface area (Å²) in [6.07, 6.45) is -4.21. The summed E-state index contributed by atoms with van der Waals surface area (Å²) in [5, 5.41) is 48.1. The molecule has 216 valence electrons. The maximum absolute atomic E-state index is 13.9. The number of aliphatic hydroxyl groups excluding tert-OH is 2. The molecule has 41 heavy (non-hydrogen) atoms. The lowest BCUT2D eigenvalue weighted by atomic mass is 9.53.